The van der Waals surface area contributed by atoms with Gasteiger partial charge in [0.1, 0.15) is 10.7 Å². The molecule has 0 saturated carbocycles. The van der Waals surface area contributed by atoms with Crippen molar-refractivity contribution in [1.82, 2.24) is 9.97 Å². The third kappa shape index (κ3) is 4.29. The molecule has 0 spiro atoms. The number of para-hydroxylation sites is 2. The molecule has 3 nitrogen and oxygen atoms in total. The quantitative estimate of drug-likeness (QED) is 0.221. The Bertz CT molecular complexity index is 1080. The molecule has 1 heterocycles. The Morgan fingerprint density at radius 1 is 0.750 bits per heavy atom. The highest BCUT2D eigenvalue weighted by Gasteiger charge is 2.12. The van der Waals surface area contributed by atoms with Crippen LogP contribution >= 0.6 is 11.8 Å². The second kappa shape index (κ2) is 8.81. The minimum Gasteiger partial charge on any atom is -0.294 e. The Morgan fingerprint density at radius 3 is 2.07 bits per heavy atom. The van der Waals surface area contributed by atoms with Crippen LogP contribution in [0.5, 0.6) is 0 Å². The predicted molar refractivity (Wildman–Crippen MR) is 116 cm³/mol. The average molecular weight is 385 g/mol. The lowest BCUT2D eigenvalue weighted by Gasteiger charge is -2.10. The van der Waals surface area contributed by atoms with Gasteiger partial charge in [0.15, 0.2) is 5.78 Å². The van der Waals surface area contributed by atoms with E-state index in [1.807, 2.05) is 72.8 Å². The summed E-state index contributed by atoms with van der Waals surface area (Å²) in [6, 6.07) is 27.5. The van der Waals surface area contributed by atoms with Crippen molar-refractivity contribution >= 4 is 28.6 Å². The molecular weight excluding hydrogens is 364 g/mol. The molecule has 0 aliphatic rings. The number of hydrogen-bond donors (Lipinski definition) is 0. The second-order valence-electron chi connectivity index (χ2n) is 6.47. The molecule has 0 aliphatic carbocycles. The van der Waals surface area contributed by atoms with E-state index in [2.05, 4.69) is 12.1 Å². The minimum atomic E-state index is 0.189. The molecular formula is C24H20N2OS. The van der Waals surface area contributed by atoms with Crippen LogP contribution in [0.4, 0.5) is 0 Å². The van der Waals surface area contributed by atoms with Crippen molar-refractivity contribution in [2.45, 2.75) is 17.9 Å². The van der Waals surface area contributed by atoms with E-state index in [1.54, 1.807) is 11.8 Å². The summed E-state index contributed by atoms with van der Waals surface area (Å²) in [5.41, 5.74) is 4.53. The van der Waals surface area contributed by atoms with E-state index in [4.69, 9.17) is 9.97 Å². The normalized spacial score (nSPS) is 10.9. The number of hydrogen-bond acceptors (Lipinski definition) is 4. The van der Waals surface area contributed by atoms with Crippen LogP contribution in [0.1, 0.15) is 23.2 Å². The number of Topliss-reactive ketones (excluding diaryl/α,β-unsaturated/α-hetero) is 1. The van der Waals surface area contributed by atoms with Crippen LogP contribution in [0.3, 0.4) is 0 Å². The van der Waals surface area contributed by atoms with Crippen LogP contribution in [0.2, 0.25) is 0 Å². The predicted octanol–water partition coefficient (Wildman–Crippen LogP) is 6.05. The first kappa shape index (κ1) is 18.4. The zero-order chi connectivity index (χ0) is 19.2. The fraction of sp³-hybridized carbons (Fsp3) is 0.125. The van der Waals surface area contributed by atoms with Crippen LogP contribution in [0.25, 0.3) is 22.3 Å². The highest BCUT2D eigenvalue weighted by atomic mass is 32.2. The van der Waals surface area contributed by atoms with Crippen molar-refractivity contribution in [3.8, 4) is 11.3 Å². The molecule has 4 rings (SSSR count). The number of carbonyl (C=O) groups is 1. The molecule has 138 valence electrons. The van der Waals surface area contributed by atoms with Crippen LogP contribution < -0.4 is 0 Å². The molecule has 0 saturated heterocycles. The summed E-state index contributed by atoms with van der Waals surface area (Å²) in [5.74, 6) is 1.01. The zero-order valence-corrected chi connectivity index (χ0v) is 16.2. The van der Waals surface area contributed by atoms with E-state index in [-0.39, 0.29) is 5.78 Å². The van der Waals surface area contributed by atoms with E-state index >= 15 is 0 Å². The summed E-state index contributed by atoms with van der Waals surface area (Å²) in [5, 5.41) is 0.914. The maximum absolute atomic E-state index is 12.3. The highest BCUT2D eigenvalue weighted by molar-refractivity contribution is 7.99. The molecule has 3 aromatic carbocycles. The first-order valence-corrected chi connectivity index (χ1v) is 10.3. The molecule has 1 aromatic heterocycles. The third-order valence-corrected chi connectivity index (χ3v) is 5.52. The highest BCUT2D eigenvalue weighted by Crippen LogP contribution is 2.30. The van der Waals surface area contributed by atoms with E-state index in [9.17, 15) is 4.79 Å². The Labute approximate surface area is 168 Å². The summed E-state index contributed by atoms with van der Waals surface area (Å²) in [6.45, 7) is 0. The van der Waals surface area contributed by atoms with Gasteiger partial charge in [-0.05, 0) is 18.6 Å². The lowest BCUT2D eigenvalue weighted by molar-refractivity contribution is 0.0982. The van der Waals surface area contributed by atoms with Crippen molar-refractivity contribution in [2.75, 3.05) is 5.75 Å². The molecule has 0 aliphatic heterocycles. The van der Waals surface area contributed by atoms with Crippen molar-refractivity contribution in [2.24, 2.45) is 0 Å². The number of nitrogens with zero attached hydrogens (tertiary/aromatic N) is 2. The van der Waals surface area contributed by atoms with E-state index < -0.39 is 0 Å². The summed E-state index contributed by atoms with van der Waals surface area (Å²) in [4.78, 5) is 22.0. The second-order valence-corrected chi connectivity index (χ2v) is 7.56. The van der Waals surface area contributed by atoms with Crippen LogP contribution in [0, 0.1) is 0 Å². The fourth-order valence-corrected chi connectivity index (χ4v) is 3.98. The Hall–Kier alpha value is -2.98. The molecule has 0 radical (unpaired) electrons. The minimum absolute atomic E-state index is 0.189. The molecule has 0 N–H and O–H groups in total. The van der Waals surface area contributed by atoms with Gasteiger partial charge in [-0.3, -0.25) is 4.79 Å². The summed E-state index contributed by atoms with van der Waals surface area (Å²) in [6.07, 6.45) is 1.35. The zero-order valence-electron chi connectivity index (χ0n) is 15.4. The Kier molecular flexibility index (Phi) is 5.78. The molecule has 4 aromatic rings. The topological polar surface area (TPSA) is 42.9 Å². The Morgan fingerprint density at radius 2 is 1.36 bits per heavy atom. The van der Waals surface area contributed by atoms with Gasteiger partial charge in [0.2, 0.25) is 0 Å². The monoisotopic (exact) mass is 384 g/mol. The average Bonchev–Trinajstić information content (AvgIpc) is 2.77. The smallest absolute Gasteiger partial charge is 0.162 e. The molecule has 28 heavy (non-hydrogen) atoms. The van der Waals surface area contributed by atoms with E-state index in [1.165, 1.54) is 0 Å². The maximum Gasteiger partial charge on any atom is 0.162 e. The molecule has 0 amide bonds. The van der Waals surface area contributed by atoms with Gasteiger partial charge in [-0.2, -0.15) is 0 Å². The summed E-state index contributed by atoms with van der Waals surface area (Å²) >= 11 is 1.67. The number of thioether (sulfide) groups is 1. The van der Waals surface area contributed by atoms with Crippen molar-refractivity contribution in [1.29, 1.82) is 0 Å². The van der Waals surface area contributed by atoms with E-state index in [0.29, 0.717) is 6.42 Å². The Balaban J connectivity index is 1.50. The lowest BCUT2D eigenvalue weighted by Crippen LogP contribution is -2.00. The number of rotatable bonds is 7. The van der Waals surface area contributed by atoms with Crippen LogP contribution in [-0.2, 0) is 0 Å². The largest absolute Gasteiger partial charge is 0.294 e. The van der Waals surface area contributed by atoms with Gasteiger partial charge >= 0.3 is 0 Å². The fourth-order valence-electron chi connectivity index (χ4n) is 3.04. The van der Waals surface area contributed by atoms with Gasteiger partial charge in [0.05, 0.1) is 11.0 Å². The SMILES string of the molecule is O=C(CCCSc1nc2ccccc2nc1-c1ccccc1)c1ccccc1. The van der Waals surface area contributed by atoms with Gasteiger partial charge in [-0.25, -0.2) is 9.97 Å². The molecule has 0 atom stereocenters. The van der Waals surface area contributed by atoms with Gasteiger partial charge in [0.25, 0.3) is 0 Å². The van der Waals surface area contributed by atoms with Crippen LogP contribution in [-0.4, -0.2) is 21.5 Å². The number of aromatic nitrogens is 2. The standard InChI is InChI=1S/C24H20N2OS/c27-22(18-10-3-1-4-11-18)16-9-17-28-24-23(19-12-5-2-6-13-19)25-20-14-7-8-15-21(20)26-24/h1-8,10-15H,9,16-17H2. The molecule has 4 heteroatoms. The lowest BCUT2D eigenvalue weighted by atomic mass is 10.1. The van der Waals surface area contributed by atoms with Crippen molar-refractivity contribution in [3.63, 3.8) is 0 Å². The van der Waals surface area contributed by atoms with Gasteiger partial charge in [-0.15, -0.1) is 11.8 Å². The number of fused-ring (bicyclic) bond motifs is 1. The van der Waals surface area contributed by atoms with Gasteiger partial charge in [-0.1, -0.05) is 72.8 Å². The first-order chi connectivity index (χ1) is 13.8. The number of benzene rings is 3. The van der Waals surface area contributed by atoms with Gasteiger partial charge < -0.3 is 0 Å². The third-order valence-electron chi connectivity index (χ3n) is 4.47. The van der Waals surface area contributed by atoms with Gasteiger partial charge in [0, 0.05) is 23.3 Å². The maximum atomic E-state index is 12.3. The number of ketones is 1. The van der Waals surface area contributed by atoms with Crippen molar-refractivity contribution < 1.29 is 4.79 Å². The summed E-state index contributed by atoms with van der Waals surface area (Å²) < 4.78 is 0. The van der Waals surface area contributed by atoms with Crippen LogP contribution in [0.15, 0.2) is 90.0 Å². The molecule has 0 bridgehead atoms. The van der Waals surface area contributed by atoms with E-state index in [0.717, 1.165) is 45.1 Å². The summed E-state index contributed by atoms with van der Waals surface area (Å²) in [7, 11) is 0. The molecule has 0 fully saturated rings. The number of carbonyl (C=O) groups excluding carboxylic acids is 1. The van der Waals surface area contributed by atoms with Crippen molar-refractivity contribution in [3.05, 3.63) is 90.5 Å². The molecule has 0 unspecified atom stereocenters. The first-order valence-electron chi connectivity index (χ1n) is 9.34.